The van der Waals surface area contributed by atoms with Crippen molar-refractivity contribution < 1.29 is 9.90 Å². The molecule has 1 aromatic heterocycles. The number of hydrogen-bond acceptors (Lipinski definition) is 2. The summed E-state index contributed by atoms with van der Waals surface area (Å²) in [5, 5.41) is 8.79. The third kappa shape index (κ3) is 3.36. The summed E-state index contributed by atoms with van der Waals surface area (Å²) in [4.78, 5) is 15.1. The Balaban J connectivity index is 2.50. The van der Waals surface area contributed by atoms with Crippen molar-refractivity contribution in [2.75, 3.05) is 0 Å². The molecule has 0 spiro atoms. The van der Waals surface area contributed by atoms with Crippen molar-refractivity contribution in [3.63, 3.8) is 0 Å². The summed E-state index contributed by atoms with van der Waals surface area (Å²) >= 11 is 3.41. The van der Waals surface area contributed by atoms with E-state index in [4.69, 9.17) is 5.11 Å². The number of halogens is 1. The highest BCUT2D eigenvalue weighted by molar-refractivity contribution is 9.10. The van der Waals surface area contributed by atoms with Crippen LogP contribution in [0.25, 0.3) is 11.8 Å². The van der Waals surface area contributed by atoms with Gasteiger partial charge in [0.25, 0.3) is 0 Å². The molecule has 0 aliphatic carbocycles. The first-order valence-corrected chi connectivity index (χ1v) is 7.14. The van der Waals surface area contributed by atoms with Crippen molar-refractivity contribution >= 4 is 28.0 Å². The minimum atomic E-state index is -0.963. The zero-order valence-electron chi connectivity index (χ0n) is 11.1. The molecule has 0 saturated heterocycles. The van der Waals surface area contributed by atoms with E-state index in [-0.39, 0.29) is 0 Å². The van der Waals surface area contributed by atoms with Crippen molar-refractivity contribution in [1.29, 1.82) is 0 Å². The van der Waals surface area contributed by atoms with Crippen LogP contribution in [-0.2, 0) is 11.2 Å². The Morgan fingerprint density at radius 3 is 3.00 bits per heavy atom. The van der Waals surface area contributed by atoms with Crippen molar-refractivity contribution in [3.05, 3.63) is 52.5 Å². The van der Waals surface area contributed by atoms with Gasteiger partial charge in [-0.05, 0) is 36.3 Å². The highest BCUT2D eigenvalue weighted by Crippen LogP contribution is 2.23. The highest BCUT2D eigenvalue weighted by atomic mass is 79.9. The standard InChI is InChI=1S/C15H15BrN2O2/c1-2-3-14-17-8-9-18(14)13-6-5-12(16)10-11(13)4-7-15(19)20/h4-10H,2-3H2,1H3,(H,19,20)/b7-4+. The molecule has 5 heteroatoms. The van der Waals surface area contributed by atoms with E-state index in [1.165, 1.54) is 0 Å². The maximum atomic E-state index is 10.7. The largest absolute Gasteiger partial charge is 0.478 e. The van der Waals surface area contributed by atoms with Crippen LogP contribution in [0.4, 0.5) is 0 Å². The molecular formula is C15H15BrN2O2. The lowest BCUT2D eigenvalue weighted by atomic mass is 10.1. The van der Waals surface area contributed by atoms with E-state index in [0.717, 1.165) is 40.5 Å². The average Bonchev–Trinajstić information content (AvgIpc) is 2.85. The summed E-state index contributed by atoms with van der Waals surface area (Å²) in [5.41, 5.74) is 1.75. The second-order valence-corrected chi connectivity index (χ2v) is 5.25. The van der Waals surface area contributed by atoms with Gasteiger partial charge in [-0.25, -0.2) is 9.78 Å². The van der Waals surface area contributed by atoms with Gasteiger partial charge in [0.05, 0.1) is 5.69 Å². The van der Waals surface area contributed by atoms with Crippen LogP contribution < -0.4 is 0 Å². The van der Waals surface area contributed by atoms with Crippen LogP contribution in [0.15, 0.2) is 41.1 Å². The molecule has 0 atom stereocenters. The second-order valence-electron chi connectivity index (χ2n) is 4.34. The van der Waals surface area contributed by atoms with Gasteiger partial charge in [0.15, 0.2) is 0 Å². The molecule has 0 saturated carbocycles. The van der Waals surface area contributed by atoms with Gasteiger partial charge in [-0.15, -0.1) is 0 Å². The normalized spacial score (nSPS) is 11.1. The average molecular weight is 335 g/mol. The van der Waals surface area contributed by atoms with Crippen molar-refractivity contribution in [2.24, 2.45) is 0 Å². The van der Waals surface area contributed by atoms with Crippen molar-refractivity contribution in [1.82, 2.24) is 9.55 Å². The number of imidazole rings is 1. The molecule has 0 fully saturated rings. The maximum absolute atomic E-state index is 10.7. The SMILES string of the molecule is CCCc1nccn1-c1ccc(Br)cc1/C=C/C(=O)O. The van der Waals surface area contributed by atoms with Crippen LogP contribution in [0, 0.1) is 0 Å². The topological polar surface area (TPSA) is 55.1 Å². The Labute approximate surface area is 125 Å². The second kappa shape index (κ2) is 6.52. The Hall–Kier alpha value is -1.88. The molecule has 1 aromatic carbocycles. The lowest BCUT2D eigenvalue weighted by molar-refractivity contribution is -0.131. The van der Waals surface area contributed by atoms with Gasteiger partial charge in [-0.1, -0.05) is 22.9 Å². The molecule has 0 amide bonds. The smallest absolute Gasteiger partial charge is 0.328 e. The Morgan fingerprint density at radius 2 is 2.30 bits per heavy atom. The molecule has 1 N–H and O–H groups in total. The van der Waals surface area contributed by atoms with E-state index in [2.05, 4.69) is 27.8 Å². The number of aliphatic carboxylic acids is 1. The molecule has 4 nitrogen and oxygen atoms in total. The molecular weight excluding hydrogens is 320 g/mol. The third-order valence-electron chi connectivity index (χ3n) is 2.85. The number of nitrogens with zero attached hydrogens (tertiary/aromatic N) is 2. The van der Waals surface area contributed by atoms with Gasteiger partial charge in [0.1, 0.15) is 5.82 Å². The van der Waals surface area contributed by atoms with Crippen LogP contribution in [-0.4, -0.2) is 20.6 Å². The summed E-state index contributed by atoms with van der Waals surface area (Å²) in [7, 11) is 0. The fourth-order valence-corrected chi connectivity index (χ4v) is 2.38. The van der Waals surface area contributed by atoms with E-state index >= 15 is 0 Å². The molecule has 1 heterocycles. The van der Waals surface area contributed by atoms with Crippen LogP contribution >= 0.6 is 15.9 Å². The number of benzene rings is 1. The zero-order valence-corrected chi connectivity index (χ0v) is 12.7. The summed E-state index contributed by atoms with van der Waals surface area (Å²) < 4.78 is 2.90. The first-order valence-electron chi connectivity index (χ1n) is 6.35. The number of hydrogen-bond donors (Lipinski definition) is 1. The zero-order chi connectivity index (χ0) is 14.5. The Kier molecular flexibility index (Phi) is 4.74. The molecule has 0 unspecified atom stereocenters. The summed E-state index contributed by atoms with van der Waals surface area (Å²) in [6.45, 7) is 2.10. The lowest BCUT2D eigenvalue weighted by Gasteiger charge is -2.11. The number of carbonyl (C=O) groups is 1. The number of carboxylic acids is 1. The molecule has 2 rings (SSSR count). The predicted molar refractivity (Wildman–Crippen MR) is 81.9 cm³/mol. The maximum Gasteiger partial charge on any atom is 0.328 e. The third-order valence-corrected chi connectivity index (χ3v) is 3.34. The van der Waals surface area contributed by atoms with Crippen molar-refractivity contribution in [3.8, 4) is 5.69 Å². The molecule has 0 aliphatic rings. The van der Waals surface area contributed by atoms with Gasteiger partial charge < -0.3 is 9.67 Å². The summed E-state index contributed by atoms with van der Waals surface area (Å²) in [6, 6.07) is 5.78. The van der Waals surface area contributed by atoms with Gasteiger partial charge in [0.2, 0.25) is 0 Å². The molecule has 0 bridgehead atoms. The minimum Gasteiger partial charge on any atom is -0.478 e. The van der Waals surface area contributed by atoms with Crippen molar-refractivity contribution in [2.45, 2.75) is 19.8 Å². The monoisotopic (exact) mass is 334 g/mol. The minimum absolute atomic E-state index is 0.831. The van der Waals surface area contributed by atoms with E-state index in [9.17, 15) is 4.79 Å². The van der Waals surface area contributed by atoms with Crippen LogP contribution in [0.3, 0.4) is 0 Å². The number of aryl methyl sites for hydroxylation is 1. The van der Waals surface area contributed by atoms with E-state index in [1.54, 1.807) is 12.3 Å². The molecule has 0 radical (unpaired) electrons. The molecule has 20 heavy (non-hydrogen) atoms. The van der Waals surface area contributed by atoms with Gasteiger partial charge >= 0.3 is 5.97 Å². The first kappa shape index (κ1) is 14.5. The quantitative estimate of drug-likeness (QED) is 0.848. The number of carboxylic acid groups (broad SMARTS) is 1. The summed E-state index contributed by atoms with van der Waals surface area (Å²) in [5.74, 6) is 0.00938. The fourth-order valence-electron chi connectivity index (χ4n) is 2.00. The summed E-state index contributed by atoms with van der Waals surface area (Å²) in [6.07, 6.45) is 8.28. The van der Waals surface area contributed by atoms with Gasteiger partial charge in [-0.3, -0.25) is 0 Å². The van der Waals surface area contributed by atoms with Gasteiger partial charge in [-0.2, -0.15) is 0 Å². The Morgan fingerprint density at radius 1 is 1.50 bits per heavy atom. The highest BCUT2D eigenvalue weighted by Gasteiger charge is 2.08. The van der Waals surface area contributed by atoms with E-state index < -0.39 is 5.97 Å². The van der Waals surface area contributed by atoms with Crippen LogP contribution in [0.2, 0.25) is 0 Å². The lowest BCUT2D eigenvalue weighted by Crippen LogP contribution is -2.02. The number of rotatable bonds is 5. The van der Waals surface area contributed by atoms with E-state index in [0.29, 0.717) is 0 Å². The first-order chi connectivity index (χ1) is 9.61. The molecule has 2 aromatic rings. The van der Waals surface area contributed by atoms with Crippen LogP contribution in [0.1, 0.15) is 24.7 Å². The fraction of sp³-hybridized carbons (Fsp3) is 0.200. The van der Waals surface area contributed by atoms with Gasteiger partial charge in [0, 0.05) is 29.4 Å². The molecule has 104 valence electrons. The number of aromatic nitrogens is 2. The Bertz CT molecular complexity index is 647. The predicted octanol–water partition coefficient (Wildman–Crippen LogP) is 3.69. The van der Waals surface area contributed by atoms with Crippen LogP contribution in [0.5, 0.6) is 0 Å². The van der Waals surface area contributed by atoms with E-state index in [1.807, 2.05) is 29.0 Å². The molecule has 0 aliphatic heterocycles.